The Morgan fingerprint density at radius 3 is 2.55 bits per heavy atom. The molecule has 0 spiro atoms. The number of hydrogen-bond acceptors (Lipinski definition) is 6. The lowest BCUT2D eigenvalue weighted by Gasteiger charge is -2.34. The molecule has 1 aromatic rings. The zero-order valence-electron chi connectivity index (χ0n) is 17.9. The summed E-state index contributed by atoms with van der Waals surface area (Å²) in [5, 5.41) is 6.74. The molecule has 1 heterocycles. The number of methoxy groups -OCH3 is 2. The molecule has 1 aliphatic rings. The number of halogens is 1. The van der Waals surface area contributed by atoms with Crippen LogP contribution in [-0.4, -0.2) is 83.0 Å². The molecule has 1 atom stereocenters. The van der Waals surface area contributed by atoms with Crippen LogP contribution in [-0.2, 0) is 4.74 Å². The first kappa shape index (κ1) is 26.1. The number of nitrogens with one attached hydrogen (secondary N) is 2. The molecule has 7 nitrogen and oxygen atoms in total. The lowest BCUT2D eigenvalue weighted by Crippen LogP contribution is -2.42. The molecular weight excluding hydrogens is 503 g/mol. The summed E-state index contributed by atoms with van der Waals surface area (Å²) in [6.45, 7) is 7.76. The van der Waals surface area contributed by atoms with Gasteiger partial charge >= 0.3 is 0 Å². The van der Waals surface area contributed by atoms with Gasteiger partial charge in [-0.2, -0.15) is 11.8 Å². The Kier molecular flexibility index (Phi) is 13.5. The van der Waals surface area contributed by atoms with Crippen molar-refractivity contribution in [2.24, 2.45) is 4.99 Å². The maximum absolute atomic E-state index is 5.55. The van der Waals surface area contributed by atoms with Gasteiger partial charge in [-0.25, -0.2) is 0 Å². The SMILES string of the molecule is CCNC(=NCC(c1ccc(OC)c(OC)c1)N1CCOCC1)NCCSC.I. The zero-order valence-corrected chi connectivity index (χ0v) is 21.0. The summed E-state index contributed by atoms with van der Waals surface area (Å²) < 4.78 is 16.5. The molecule has 0 saturated carbocycles. The molecule has 0 amide bonds. The number of nitrogens with zero attached hydrogens (tertiary/aromatic N) is 2. The van der Waals surface area contributed by atoms with E-state index in [1.807, 2.05) is 17.8 Å². The molecule has 0 aromatic heterocycles. The molecule has 1 unspecified atom stereocenters. The average Bonchev–Trinajstić information content (AvgIpc) is 2.74. The molecular formula is C20H35IN4O3S. The summed E-state index contributed by atoms with van der Waals surface area (Å²) in [7, 11) is 3.33. The monoisotopic (exact) mass is 538 g/mol. The Labute approximate surface area is 196 Å². The van der Waals surface area contributed by atoms with E-state index in [0.29, 0.717) is 6.54 Å². The normalized spacial score (nSPS) is 15.9. The molecule has 0 aliphatic carbocycles. The van der Waals surface area contributed by atoms with Crippen LogP contribution in [0.1, 0.15) is 18.5 Å². The zero-order chi connectivity index (χ0) is 20.2. The first-order valence-electron chi connectivity index (χ1n) is 9.78. The van der Waals surface area contributed by atoms with Crippen LogP contribution in [0, 0.1) is 0 Å². The third-order valence-corrected chi connectivity index (χ3v) is 5.26. The standard InChI is InChI=1S/C20H34N4O3S.HI/c1-5-21-20(22-8-13-28-4)23-15-17(24-9-11-27-12-10-24)16-6-7-18(25-2)19(14-16)26-3;/h6-7,14,17H,5,8-13,15H2,1-4H3,(H2,21,22,23);1H. The number of morpholine rings is 1. The third kappa shape index (κ3) is 8.39. The predicted molar refractivity (Wildman–Crippen MR) is 132 cm³/mol. The van der Waals surface area contributed by atoms with Crippen LogP contribution < -0.4 is 20.1 Å². The molecule has 29 heavy (non-hydrogen) atoms. The van der Waals surface area contributed by atoms with E-state index in [0.717, 1.165) is 62.6 Å². The summed E-state index contributed by atoms with van der Waals surface area (Å²) in [4.78, 5) is 7.30. The number of benzene rings is 1. The van der Waals surface area contributed by atoms with Crippen molar-refractivity contribution in [1.82, 2.24) is 15.5 Å². The quantitative estimate of drug-likeness (QED) is 0.206. The highest BCUT2D eigenvalue weighted by atomic mass is 127. The smallest absolute Gasteiger partial charge is 0.191 e. The van der Waals surface area contributed by atoms with E-state index in [9.17, 15) is 0 Å². The van der Waals surface area contributed by atoms with E-state index in [1.165, 1.54) is 5.56 Å². The summed E-state index contributed by atoms with van der Waals surface area (Å²) in [5.41, 5.74) is 1.17. The van der Waals surface area contributed by atoms with Gasteiger partial charge in [-0.1, -0.05) is 6.07 Å². The Morgan fingerprint density at radius 2 is 1.93 bits per heavy atom. The van der Waals surface area contributed by atoms with Gasteiger partial charge in [-0.15, -0.1) is 24.0 Å². The van der Waals surface area contributed by atoms with Crippen LogP contribution in [0.15, 0.2) is 23.2 Å². The Hall–Kier alpha value is -0.910. The molecule has 0 radical (unpaired) electrons. The molecule has 1 aliphatic heterocycles. The van der Waals surface area contributed by atoms with Gasteiger partial charge in [0.15, 0.2) is 17.5 Å². The fourth-order valence-corrected chi connectivity index (χ4v) is 3.48. The molecule has 1 fully saturated rings. The molecule has 0 bridgehead atoms. The number of thioether (sulfide) groups is 1. The van der Waals surface area contributed by atoms with Crippen molar-refractivity contribution >= 4 is 41.7 Å². The van der Waals surface area contributed by atoms with Gasteiger partial charge in [0.25, 0.3) is 0 Å². The predicted octanol–water partition coefficient (Wildman–Crippen LogP) is 2.61. The largest absolute Gasteiger partial charge is 0.493 e. The molecule has 1 saturated heterocycles. The van der Waals surface area contributed by atoms with Gasteiger partial charge < -0.3 is 24.8 Å². The number of aliphatic imine (C=N–C) groups is 1. The van der Waals surface area contributed by atoms with Crippen molar-refractivity contribution in [3.63, 3.8) is 0 Å². The Morgan fingerprint density at radius 1 is 1.21 bits per heavy atom. The topological polar surface area (TPSA) is 67.4 Å². The molecule has 2 rings (SSSR count). The molecule has 9 heteroatoms. The lowest BCUT2D eigenvalue weighted by molar-refractivity contribution is 0.0179. The minimum absolute atomic E-state index is 0. The van der Waals surface area contributed by atoms with Crippen LogP contribution in [0.3, 0.4) is 0 Å². The van der Waals surface area contributed by atoms with Crippen molar-refractivity contribution in [3.05, 3.63) is 23.8 Å². The van der Waals surface area contributed by atoms with Gasteiger partial charge in [0, 0.05) is 31.9 Å². The molecule has 2 N–H and O–H groups in total. The average molecular weight is 538 g/mol. The van der Waals surface area contributed by atoms with Crippen LogP contribution in [0.2, 0.25) is 0 Å². The number of ether oxygens (including phenoxy) is 3. The van der Waals surface area contributed by atoms with Gasteiger partial charge in [0.2, 0.25) is 0 Å². The summed E-state index contributed by atoms with van der Waals surface area (Å²) in [6.07, 6.45) is 2.11. The highest BCUT2D eigenvalue weighted by Crippen LogP contribution is 2.32. The van der Waals surface area contributed by atoms with E-state index in [4.69, 9.17) is 19.2 Å². The first-order chi connectivity index (χ1) is 13.7. The van der Waals surface area contributed by atoms with Gasteiger partial charge in [-0.3, -0.25) is 9.89 Å². The van der Waals surface area contributed by atoms with Crippen LogP contribution in [0.25, 0.3) is 0 Å². The third-order valence-electron chi connectivity index (χ3n) is 4.64. The minimum atomic E-state index is 0. The number of guanidine groups is 1. The fourth-order valence-electron chi connectivity index (χ4n) is 3.17. The van der Waals surface area contributed by atoms with Crippen molar-refractivity contribution in [2.45, 2.75) is 13.0 Å². The maximum atomic E-state index is 5.55. The Balaban J connectivity index is 0.00000420. The second-order valence-electron chi connectivity index (χ2n) is 6.42. The molecule has 1 aromatic carbocycles. The van der Waals surface area contributed by atoms with E-state index in [2.05, 4.69) is 40.8 Å². The highest BCUT2D eigenvalue weighted by molar-refractivity contribution is 14.0. The van der Waals surface area contributed by atoms with E-state index in [1.54, 1.807) is 14.2 Å². The minimum Gasteiger partial charge on any atom is -0.493 e. The van der Waals surface area contributed by atoms with E-state index >= 15 is 0 Å². The van der Waals surface area contributed by atoms with Crippen molar-refractivity contribution < 1.29 is 14.2 Å². The molecule has 166 valence electrons. The maximum Gasteiger partial charge on any atom is 0.191 e. The number of hydrogen-bond donors (Lipinski definition) is 2. The lowest BCUT2D eigenvalue weighted by atomic mass is 10.0. The summed E-state index contributed by atoms with van der Waals surface area (Å²) in [6, 6.07) is 6.28. The van der Waals surface area contributed by atoms with Crippen molar-refractivity contribution in [3.8, 4) is 11.5 Å². The van der Waals surface area contributed by atoms with E-state index < -0.39 is 0 Å². The summed E-state index contributed by atoms with van der Waals surface area (Å²) >= 11 is 1.82. The van der Waals surface area contributed by atoms with Crippen LogP contribution in [0.5, 0.6) is 11.5 Å². The van der Waals surface area contributed by atoms with Gasteiger partial charge in [0.1, 0.15) is 0 Å². The second-order valence-corrected chi connectivity index (χ2v) is 7.40. The van der Waals surface area contributed by atoms with Gasteiger partial charge in [0.05, 0.1) is 40.0 Å². The first-order valence-corrected chi connectivity index (χ1v) is 11.2. The second kappa shape index (κ2) is 15.0. The Bertz CT molecular complexity index is 615. The number of rotatable bonds is 10. The van der Waals surface area contributed by atoms with E-state index in [-0.39, 0.29) is 30.0 Å². The van der Waals surface area contributed by atoms with Crippen molar-refractivity contribution in [1.29, 1.82) is 0 Å². The van der Waals surface area contributed by atoms with Gasteiger partial charge in [-0.05, 0) is 30.9 Å². The fraction of sp³-hybridized carbons (Fsp3) is 0.650. The van der Waals surface area contributed by atoms with Crippen molar-refractivity contribution in [2.75, 3.05) is 72.2 Å². The van der Waals surface area contributed by atoms with Crippen LogP contribution in [0.4, 0.5) is 0 Å². The summed E-state index contributed by atoms with van der Waals surface area (Å²) in [5.74, 6) is 3.39. The van der Waals surface area contributed by atoms with Crippen LogP contribution >= 0.6 is 35.7 Å². The highest BCUT2D eigenvalue weighted by Gasteiger charge is 2.24.